The van der Waals surface area contributed by atoms with Crippen LogP contribution in [-0.4, -0.2) is 0 Å². The van der Waals surface area contributed by atoms with E-state index in [2.05, 4.69) is 11.7 Å². The predicted octanol–water partition coefficient (Wildman–Crippen LogP) is 11.8. The van der Waals surface area contributed by atoms with Gasteiger partial charge in [-0.15, -0.1) is 0 Å². The molecule has 1 atom stereocenters. The van der Waals surface area contributed by atoms with Crippen molar-refractivity contribution < 1.29 is 39.9 Å². The maximum Gasteiger partial charge on any atom is 0.429 e. The molecule has 0 fully saturated rings. The second-order valence-electron chi connectivity index (χ2n) is 10.9. The molecule has 9 heteroatoms. The van der Waals surface area contributed by atoms with Crippen LogP contribution in [-0.2, 0) is 12.5 Å². The predicted molar refractivity (Wildman–Crippen MR) is 157 cm³/mol. The molecule has 0 heterocycles. The minimum absolute atomic E-state index is 0.245. The lowest BCUT2D eigenvalue weighted by atomic mass is 9.91. The van der Waals surface area contributed by atoms with Gasteiger partial charge in [-0.2, -0.15) is 8.78 Å². The standard InChI is InChI=1S/C36H28F8O/c1-2-3-4-5-21-6-8-22(9-7-21)23-10-12-24(13-11-23)28-16-17-29(34(41)33(28)40)36(43,44)45-26-14-15-27(30(37)20-26)25-18-31(38)35(42)32(39)19-25/h6-18,20,25H,2-5,19H2,1H3. The van der Waals surface area contributed by atoms with Gasteiger partial charge in [0.05, 0.1) is 0 Å². The first-order chi connectivity index (χ1) is 21.5. The van der Waals surface area contributed by atoms with Crippen LogP contribution in [0.25, 0.3) is 22.3 Å². The number of ether oxygens (including phenoxy) is 1. The Hall–Kier alpha value is -4.40. The highest BCUT2D eigenvalue weighted by Gasteiger charge is 2.40. The van der Waals surface area contributed by atoms with Crippen molar-refractivity contribution >= 4 is 0 Å². The molecule has 0 amide bonds. The fourth-order valence-corrected chi connectivity index (χ4v) is 5.28. The van der Waals surface area contributed by atoms with Crippen molar-refractivity contribution in [3.8, 4) is 28.0 Å². The number of benzene rings is 4. The third-order valence-electron chi connectivity index (χ3n) is 7.76. The molecule has 5 rings (SSSR count). The molecule has 234 valence electrons. The zero-order chi connectivity index (χ0) is 32.3. The zero-order valence-corrected chi connectivity index (χ0v) is 24.1. The maximum atomic E-state index is 15.1. The lowest BCUT2D eigenvalue weighted by molar-refractivity contribution is -0.187. The van der Waals surface area contributed by atoms with Crippen LogP contribution >= 0.6 is 0 Å². The van der Waals surface area contributed by atoms with Crippen LogP contribution in [0.2, 0.25) is 0 Å². The van der Waals surface area contributed by atoms with Gasteiger partial charge >= 0.3 is 6.11 Å². The molecule has 0 spiro atoms. The van der Waals surface area contributed by atoms with Crippen molar-refractivity contribution in [2.45, 2.75) is 51.1 Å². The molecular formula is C36H28F8O. The molecule has 0 radical (unpaired) electrons. The van der Waals surface area contributed by atoms with E-state index in [1.54, 1.807) is 24.3 Å². The molecule has 0 aliphatic heterocycles. The Morgan fingerprint density at radius 1 is 0.733 bits per heavy atom. The molecule has 1 unspecified atom stereocenters. The summed E-state index contributed by atoms with van der Waals surface area (Å²) in [4.78, 5) is 0. The van der Waals surface area contributed by atoms with E-state index in [0.29, 0.717) is 18.2 Å². The number of rotatable bonds is 10. The summed E-state index contributed by atoms with van der Waals surface area (Å²) in [6.07, 6.45) is -0.00601. The normalized spacial score (nSPS) is 15.3. The minimum Gasteiger partial charge on any atom is -0.429 e. The van der Waals surface area contributed by atoms with E-state index in [-0.39, 0.29) is 16.7 Å². The maximum absolute atomic E-state index is 15.1. The summed E-state index contributed by atoms with van der Waals surface area (Å²) >= 11 is 0. The summed E-state index contributed by atoms with van der Waals surface area (Å²) in [6, 6.07) is 18.7. The highest BCUT2D eigenvalue weighted by Crippen LogP contribution is 2.40. The molecule has 0 N–H and O–H groups in total. The van der Waals surface area contributed by atoms with Crippen LogP contribution in [0.15, 0.2) is 102 Å². The van der Waals surface area contributed by atoms with E-state index >= 15 is 8.78 Å². The first-order valence-electron chi connectivity index (χ1n) is 14.4. The molecule has 4 aromatic rings. The smallest absolute Gasteiger partial charge is 0.429 e. The number of halogens is 8. The van der Waals surface area contributed by atoms with Gasteiger partial charge in [0.1, 0.15) is 23.0 Å². The Morgan fingerprint density at radius 2 is 1.38 bits per heavy atom. The second kappa shape index (κ2) is 13.3. The lowest BCUT2D eigenvalue weighted by Gasteiger charge is -2.21. The van der Waals surface area contributed by atoms with Gasteiger partial charge in [-0.05, 0) is 58.9 Å². The SMILES string of the molecule is CCCCCc1ccc(-c2ccc(-c3ccc(C(F)(F)Oc4ccc(C5C=C(F)C(F)=C(F)C5)c(F)c4)c(F)c3F)cc2)cc1. The molecule has 1 aliphatic rings. The number of hydrogen-bond donors (Lipinski definition) is 0. The highest BCUT2D eigenvalue weighted by molar-refractivity contribution is 5.71. The third kappa shape index (κ3) is 6.97. The summed E-state index contributed by atoms with van der Waals surface area (Å²) in [5.74, 6) is -11.1. The number of unbranched alkanes of at least 4 members (excludes halogenated alkanes) is 2. The molecule has 0 bridgehead atoms. The Balaban J connectivity index is 1.31. The van der Waals surface area contributed by atoms with E-state index < -0.39 is 64.7 Å². The fourth-order valence-electron chi connectivity index (χ4n) is 5.28. The van der Waals surface area contributed by atoms with Crippen LogP contribution < -0.4 is 4.74 Å². The summed E-state index contributed by atoms with van der Waals surface area (Å²) in [5.41, 5.74) is 1.31. The summed E-state index contributed by atoms with van der Waals surface area (Å²) < 4.78 is 120. The van der Waals surface area contributed by atoms with E-state index in [0.717, 1.165) is 55.0 Å². The Labute approximate surface area is 255 Å². The second-order valence-corrected chi connectivity index (χ2v) is 10.9. The van der Waals surface area contributed by atoms with E-state index in [1.165, 1.54) is 5.56 Å². The average molecular weight is 629 g/mol. The number of allylic oxidation sites excluding steroid dienone is 4. The van der Waals surface area contributed by atoms with Crippen molar-refractivity contribution in [1.82, 2.24) is 0 Å². The Morgan fingerprint density at radius 3 is 2.00 bits per heavy atom. The molecule has 45 heavy (non-hydrogen) atoms. The van der Waals surface area contributed by atoms with E-state index in [4.69, 9.17) is 0 Å². The van der Waals surface area contributed by atoms with Gasteiger partial charge in [-0.1, -0.05) is 80.4 Å². The molecular weight excluding hydrogens is 600 g/mol. The Bertz CT molecular complexity index is 1740. The first kappa shape index (κ1) is 32.0. The first-order valence-corrected chi connectivity index (χ1v) is 14.4. The summed E-state index contributed by atoms with van der Waals surface area (Å²) in [5, 5.41) is 0. The van der Waals surface area contributed by atoms with Gasteiger partial charge in [0.15, 0.2) is 23.3 Å². The highest BCUT2D eigenvalue weighted by atomic mass is 19.3. The van der Waals surface area contributed by atoms with E-state index in [9.17, 15) is 26.3 Å². The largest absolute Gasteiger partial charge is 0.429 e. The van der Waals surface area contributed by atoms with Crippen LogP contribution in [0.5, 0.6) is 5.75 Å². The quantitative estimate of drug-likeness (QED) is 0.125. The zero-order valence-electron chi connectivity index (χ0n) is 24.1. The van der Waals surface area contributed by atoms with Crippen molar-refractivity contribution in [3.05, 3.63) is 137 Å². The number of aryl methyl sites for hydroxylation is 1. The number of alkyl halides is 2. The van der Waals surface area contributed by atoms with Gasteiger partial charge in [-0.3, -0.25) is 0 Å². The van der Waals surface area contributed by atoms with Gasteiger partial charge < -0.3 is 4.74 Å². The fraction of sp³-hybridized carbons (Fsp3) is 0.222. The molecule has 0 saturated heterocycles. The lowest BCUT2D eigenvalue weighted by Crippen LogP contribution is -2.24. The molecule has 0 aromatic heterocycles. The van der Waals surface area contributed by atoms with Crippen LogP contribution in [0, 0.1) is 17.5 Å². The monoisotopic (exact) mass is 628 g/mol. The van der Waals surface area contributed by atoms with Crippen molar-refractivity contribution in [2.24, 2.45) is 0 Å². The molecule has 1 nitrogen and oxygen atoms in total. The van der Waals surface area contributed by atoms with Gasteiger partial charge in [-0.25, -0.2) is 26.3 Å². The van der Waals surface area contributed by atoms with Gasteiger partial charge in [0, 0.05) is 24.0 Å². The summed E-state index contributed by atoms with van der Waals surface area (Å²) in [6.45, 7) is 2.15. The van der Waals surface area contributed by atoms with Crippen LogP contribution in [0.1, 0.15) is 55.2 Å². The van der Waals surface area contributed by atoms with Crippen molar-refractivity contribution in [3.63, 3.8) is 0 Å². The molecule has 0 saturated carbocycles. The summed E-state index contributed by atoms with van der Waals surface area (Å²) in [7, 11) is 0. The van der Waals surface area contributed by atoms with Crippen molar-refractivity contribution in [2.75, 3.05) is 0 Å². The van der Waals surface area contributed by atoms with E-state index in [1.807, 2.05) is 24.3 Å². The topological polar surface area (TPSA) is 9.23 Å². The third-order valence-corrected chi connectivity index (χ3v) is 7.76. The molecule has 1 aliphatic carbocycles. The average Bonchev–Trinajstić information content (AvgIpc) is 3.01. The van der Waals surface area contributed by atoms with Crippen molar-refractivity contribution in [1.29, 1.82) is 0 Å². The molecule has 4 aromatic carbocycles. The minimum atomic E-state index is -4.42. The van der Waals surface area contributed by atoms with Crippen LogP contribution in [0.3, 0.4) is 0 Å². The van der Waals surface area contributed by atoms with Crippen LogP contribution in [0.4, 0.5) is 35.1 Å². The van der Waals surface area contributed by atoms with Gasteiger partial charge in [0.25, 0.3) is 0 Å². The van der Waals surface area contributed by atoms with Gasteiger partial charge in [0.2, 0.25) is 0 Å². The Kier molecular flexibility index (Phi) is 9.46. The number of hydrogen-bond acceptors (Lipinski definition) is 1.